The zero-order valence-electron chi connectivity index (χ0n) is 12.9. The molecule has 0 saturated carbocycles. The zero-order valence-corrected chi connectivity index (χ0v) is 14.5. The SMILES string of the molecule is Cc1ccc(CCCNC(C)Cc2ccc(Br)cc2)cc1. The van der Waals surface area contributed by atoms with Crippen LogP contribution in [-0.2, 0) is 12.8 Å². The second kappa shape index (κ2) is 8.35. The van der Waals surface area contributed by atoms with Gasteiger partial charge < -0.3 is 5.32 Å². The van der Waals surface area contributed by atoms with Crippen molar-refractivity contribution in [2.45, 2.75) is 39.2 Å². The first-order valence-corrected chi connectivity index (χ1v) is 8.46. The lowest BCUT2D eigenvalue weighted by molar-refractivity contribution is 0.534. The highest BCUT2D eigenvalue weighted by atomic mass is 79.9. The number of nitrogens with one attached hydrogen (secondary N) is 1. The average molecular weight is 346 g/mol. The van der Waals surface area contributed by atoms with Gasteiger partial charge in [0.25, 0.3) is 0 Å². The number of benzene rings is 2. The third kappa shape index (κ3) is 6.03. The minimum absolute atomic E-state index is 0.518. The Morgan fingerprint density at radius 1 is 0.952 bits per heavy atom. The zero-order chi connectivity index (χ0) is 15.1. The molecular formula is C19H24BrN. The molecule has 1 unspecified atom stereocenters. The minimum Gasteiger partial charge on any atom is -0.314 e. The summed E-state index contributed by atoms with van der Waals surface area (Å²) in [5.74, 6) is 0. The lowest BCUT2D eigenvalue weighted by Gasteiger charge is -2.14. The predicted molar refractivity (Wildman–Crippen MR) is 94.8 cm³/mol. The van der Waals surface area contributed by atoms with E-state index in [-0.39, 0.29) is 0 Å². The average Bonchev–Trinajstić information content (AvgIpc) is 2.48. The fourth-order valence-corrected chi connectivity index (χ4v) is 2.71. The Hall–Kier alpha value is -1.12. The van der Waals surface area contributed by atoms with Crippen molar-refractivity contribution in [3.63, 3.8) is 0 Å². The van der Waals surface area contributed by atoms with Gasteiger partial charge in [0.2, 0.25) is 0 Å². The summed E-state index contributed by atoms with van der Waals surface area (Å²) in [6.07, 6.45) is 3.42. The van der Waals surface area contributed by atoms with Crippen LogP contribution in [-0.4, -0.2) is 12.6 Å². The molecule has 0 bridgehead atoms. The highest BCUT2D eigenvalue weighted by Crippen LogP contribution is 2.12. The van der Waals surface area contributed by atoms with Crippen molar-refractivity contribution >= 4 is 15.9 Å². The first-order valence-electron chi connectivity index (χ1n) is 7.67. The predicted octanol–water partition coefficient (Wildman–Crippen LogP) is 4.91. The molecule has 2 rings (SSSR count). The van der Waals surface area contributed by atoms with Crippen molar-refractivity contribution < 1.29 is 0 Å². The maximum atomic E-state index is 3.62. The van der Waals surface area contributed by atoms with Crippen molar-refractivity contribution in [2.75, 3.05) is 6.54 Å². The number of hydrogen-bond acceptors (Lipinski definition) is 1. The van der Waals surface area contributed by atoms with E-state index in [4.69, 9.17) is 0 Å². The third-order valence-corrected chi connectivity index (χ3v) is 4.24. The van der Waals surface area contributed by atoms with Gasteiger partial charge in [-0.2, -0.15) is 0 Å². The number of halogens is 1. The molecule has 0 radical (unpaired) electrons. The summed E-state index contributed by atoms with van der Waals surface area (Å²) < 4.78 is 1.14. The molecule has 0 aliphatic heterocycles. The Labute approximate surface area is 136 Å². The van der Waals surface area contributed by atoms with Gasteiger partial charge >= 0.3 is 0 Å². The van der Waals surface area contributed by atoms with Crippen molar-refractivity contribution in [3.8, 4) is 0 Å². The van der Waals surface area contributed by atoms with Gasteiger partial charge in [-0.1, -0.05) is 57.9 Å². The van der Waals surface area contributed by atoms with Crippen LogP contribution < -0.4 is 5.32 Å². The second-order valence-electron chi connectivity index (χ2n) is 5.77. The smallest absolute Gasteiger partial charge is 0.0175 e. The van der Waals surface area contributed by atoms with Gasteiger partial charge in [0, 0.05) is 10.5 Å². The third-order valence-electron chi connectivity index (χ3n) is 3.71. The molecule has 1 nitrogen and oxygen atoms in total. The van der Waals surface area contributed by atoms with Crippen molar-refractivity contribution in [2.24, 2.45) is 0 Å². The molecule has 0 aliphatic carbocycles. The molecule has 21 heavy (non-hydrogen) atoms. The largest absolute Gasteiger partial charge is 0.314 e. The molecule has 0 saturated heterocycles. The highest BCUT2D eigenvalue weighted by molar-refractivity contribution is 9.10. The van der Waals surface area contributed by atoms with Gasteiger partial charge in [0.1, 0.15) is 0 Å². The van der Waals surface area contributed by atoms with Gasteiger partial charge in [0.05, 0.1) is 0 Å². The van der Waals surface area contributed by atoms with Crippen LogP contribution in [0.1, 0.15) is 30.0 Å². The molecule has 1 N–H and O–H groups in total. The normalized spacial score (nSPS) is 12.3. The van der Waals surface area contributed by atoms with Gasteiger partial charge in [-0.15, -0.1) is 0 Å². The molecule has 0 aliphatic rings. The van der Waals surface area contributed by atoms with Crippen molar-refractivity contribution in [1.82, 2.24) is 5.32 Å². The van der Waals surface area contributed by atoms with E-state index >= 15 is 0 Å². The summed E-state index contributed by atoms with van der Waals surface area (Å²) in [5.41, 5.74) is 4.15. The van der Waals surface area contributed by atoms with Crippen LogP contribution in [0.3, 0.4) is 0 Å². The number of rotatable bonds is 7. The summed E-state index contributed by atoms with van der Waals surface area (Å²) >= 11 is 3.47. The maximum Gasteiger partial charge on any atom is 0.0175 e. The van der Waals surface area contributed by atoms with Crippen LogP contribution in [0, 0.1) is 6.92 Å². The molecular weight excluding hydrogens is 322 g/mol. The Balaban J connectivity index is 1.66. The Kier molecular flexibility index (Phi) is 6.47. The first-order chi connectivity index (χ1) is 10.1. The number of hydrogen-bond donors (Lipinski definition) is 1. The van der Waals surface area contributed by atoms with E-state index in [9.17, 15) is 0 Å². The molecule has 2 aromatic rings. The highest BCUT2D eigenvalue weighted by Gasteiger charge is 2.03. The van der Waals surface area contributed by atoms with E-state index in [0.717, 1.165) is 23.9 Å². The summed E-state index contributed by atoms with van der Waals surface area (Å²) in [4.78, 5) is 0. The number of aryl methyl sites for hydroxylation is 2. The first kappa shape index (κ1) is 16.3. The summed E-state index contributed by atoms with van der Waals surface area (Å²) in [5, 5.41) is 3.62. The Morgan fingerprint density at radius 2 is 1.57 bits per heavy atom. The molecule has 112 valence electrons. The topological polar surface area (TPSA) is 12.0 Å². The van der Waals surface area contributed by atoms with Crippen molar-refractivity contribution in [1.29, 1.82) is 0 Å². The lowest BCUT2D eigenvalue weighted by Crippen LogP contribution is -2.29. The van der Waals surface area contributed by atoms with E-state index in [2.05, 4.69) is 83.6 Å². The van der Waals surface area contributed by atoms with Gasteiger partial charge in [-0.05, 0) is 62.9 Å². The van der Waals surface area contributed by atoms with E-state index in [1.54, 1.807) is 0 Å². The maximum absolute atomic E-state index is 3.62. The van der Waals surface area contributed by atoms with Gasteiger partial charge in [-0.3, -0.25) is 0 Å². The minimum atomic E-state index is 0.518. The van der Waals surface area contributed by atoms with Crippen LogP contribution in [0.15, 0.2) is 53.0 Å². The van der Waals surface area contributed by atoms with Gasteiger partial charge in [-0.25, -0.2) is 0 Å². The second-order valence-corrected chi connectivity index (χ2v) is 6.69. The lowest BCUT2D eigenvalue weighted by atomic mass is 10.1. The molecule has 0 spiro atoms. The Morgan fingerprint density at radius 3 is 2.24 bits per heavy atom. The van der Waals surface area contributed by atoms with Gasteiger partial charge in [0.15, 0.2) is 0 Å². The summed E-state index contributed by atoms with van der Waals surface area (Å²) in [6.45, 7) is 5.47. The molecule has 2 aromatic carbocycles. The van der Waals surface area contributed by atoms with E-state index in [1.807, 2.05) is 0 Å². The molecule has 1 atom stereocenters. The van der Waals surface area contributed by atoms with E-state index < -0.39 is 0 Å². The standard InChI is InChI=1S/C19H24BrN/c1-15-5-7-17(8-6-15)4-3-13-21-16(2)14-18-9-11-19(20)12-10-18/h5-12,16,21H,3-4,13-14H2,1-2H3. The Bertz CT molecular complexity index is 530. The van der Waals surface area contributed by atoms with Crippen LogP contribution in [0.2, 0.25) is 0 Å². The van der Waals surface area contributed by atoms with Crippen LogP contribution in [0.25, 0.3) is 0 Å². The quantitative estimate of drug-likeness (QED) is 0.703. The van der Waals surface area contributed by atoms with Crippen LogP contribution in [0.5, 0.6) is 0 Å². The van der Waals surface area contributed by atoms with E-state index in [0.29, 0.717) is 6.04 Å². The van der Waals surface area contributed by atoms with Crippen molar-refractivity contribution in [3.05, 3.63) is 69.7 Å². The fourth-order valence-electron chi connectivity index (χ4n) is 2.44. The fraction of sp³-hybridized carbons (Fsp3) is 0.368. The van der Waals surface area contributed by atoms with Crippen LogP contribution >= 0.6 is 15.9 Å². The molecule has 2 heteroatoms. The summed E-state index contributed by atoms with van der Waals surface area (Å²) in [6, 6.07) is 18.0. The molecule has 0 aromatic heterocycles. The molecule has 0 amide bonds. The monoisotopic (exact) mass is 345 g/mol. The summed E-state index contributed by atoms with van der Waals surface area (Å²) in [7, 11) is 0. The van der Waals surface area contributed by atoms with Crippen LogP contribution in [0.4, 0.5) is 0 Å². The molecule has 0 fully saturated rings. The molecule has 0 heterocycles. The van der Waals surface area contributed by atoms with E-state index in [1.165, 1.54) is 23.1 Å².